The Balaban J connectivity index is 2.81. The van der Waals surface area contributed by atoms with Gasteiger partial charge in [-0.2, -0.15) is 18.5 Å². The van der Waals surface area contributed by atoms with Crippen LogP contribution >= 0.6 is 22.6 Å². The summed E-state index contributed by atoms with van der Waals surface area (Å²) in [7, 11) is 0. The van der Waals surface area contributed by atoms with E-state index in [0.29, 0.717) is 0 Å². The number of hydrogen-bond acceptors (Lipinski definition) is 4. The first-order chi connectivity index (χ1) is 9.12. The molecule has 1 aliphatic rings. The molecule has 1 heterocycles. The maximum absolute atomic E-state index is 12.9. The van der Waals surface area contributed by atoms with Crippen molar-refractivity contribution in [1.29, 1.82) is 0 Å². The maximum atomic E-state index is 12.9. The Morgan fingerprint density at radius 3 is 2.45 bits per heavy atom. The highest BCUT2D eigenvalue weighted by atomic mass is 127. The van der Waals surface area contributed by atoms with Gasteiger partial charge in [-0.15, -0.1) is 0 Å². The third-order valence-electron chi connectivity index (χ3n) is 2.35. The van der Waals surface area contributed by atoms with Gasteiger partial charge in [0, 0.05) is 3.57 Å². The van der Waals surface area contributed by atoms with E-state index in [2.05, 4.69) is 5.32 Å². The van der Waals surface area contributed by atoms with Gasteiger partial charge in [0.25, 0.3) is 0 Å². The molecule has 0 spiro atoms. The van der Waals surface area contributed by atoms with Crippen molar-refractivity contribution in [1.82, 2.24) is 5.32 Å². The lowest BCUT2D eigenvalue weighted by atomic mass is 10.1. The molecule has 0 fully saturated rings. The van der Waals surface area contributed by atoms with Crippen LogP contribution < -0.4 is 10.6 Å². The number of fused-ring (bicyclic) bond motifs is 1. The molecule has 0 saturated heterocycles. The zero-order valence-electron chi connectivity index (χ0n) is 9.12. The maximum Gasteiger partial charge on any atom is 0.424 e. The summed E-state index contributed by atoms with van der Waals surface area (Å²) in [6.45, 7) is 0. The minimum Gasteiger partial charge on any atom is -0.316 e. The van der Waals surface area contributed by atoms with Crippen LogP contribution in [-0.4, -0.2) is 16.7 Å². The van der Waals surface area contributed by atoms with Gasteiger partial charge in [0.1, 0.15) is 5.56 Å². The molecule has 2 amide bonds. The molecule has 11 heteroatoms. The van der Waals surface area contributed by atoms with Crippen LogP contribution in [0.3, 0.4) is 0 Å². The standard InChI is InChI=1S/C9H2F3IN3O4/c10-9(11,12)4-2(13)1-3-5(6(4)16(19)20)15-8(18)7(17)14-3/h1H,(H,14,17). The number of carbonyl (C=O) groups excluding carboxylic acids is 2. The van der Waals surface area contributed by atoms with Crippen LogP contribution in [0.4, 0.5) is 30.2 Å². The molecule has 1 radical (unpaired) electrons. The second-order valence-electron chi connectivity index (χ2n) is 3.60. The summed E-state index contributed by atoms with van der Waals surface area (Å²) in [5, 5.41) is 15.9. The van der Waals surface area contributed by atoms with Gasteiger partial charge in [0.15, 0.2) is 5.69 Å². The van der Waals surface area contributed by atoms with Crippen molar-refractivity contribution in [2.24, 2.45) is 0 Å². The van der Waals surface area contributed by atoms with Gasteiger partial charge < -0.3 is 5.32 Å². The fraction of sp³-hybridized carbons (Fsp3) is 0.111. The number of nitro benzene ring substituents is 1. The molecule has 1 aromatic carbocycles. The van der Waals surface area contributed by atoms with E-state index < -0.39 is 43.4 Å². The highest BCUT2D eigenvalue weighted by Crippen LogP contribution is 2.47. The van der Waals surface area contributed by atoms with Gasteiger partial charge >= 0.3 is 23.7 Å². The van der Waals surface area contributed by atoms with Crippen LogP contribution in [0, 0.1) is 13.7 Å². The number of carbonyl (C=O) groups is 2. The minimum atomic E-state index is -4.99. The Labute approximate surface area is 121 Å². The summed E-state index contributed by atoms with van der Waals surface area (Å²) in [6, 6.07) is 0.875. The summed E-state index contributed by atoms with van der Waals surface area (Å²) < 4.78 is 38.2. The Hall–Kier alpha value is -1.92. The van der Waals surface area contributed by atoms with Crippen LogP contribution in [0.25, 0.3) is 0 Å². The molecule has 7 nitrogen and oxygen atoms in total. The van der Waals surface area contributed by atoms with E-state index >= 15 is 0 Å². The van der Waals surface area contributed by atoms with Gasteiger partial charge in [-0.25, -0.2) is 0 Å². The van der Waals surface area contributed by atoms with Crippen LogP contribution in [-0.2, 0) is 15.8 Å². The molecule has 20 heavy (non-hydrogen) atoms. The van der Waals surface area contributed by atoms with Gasteiger partial charge in [-0.1, -0.05) is 0 Å². The Bertz CT molecular complexity index is 659. The average molecular weight is 400 g/mol. The van der Waals surface area contributed by atoms with E-state index in [1.54, 1.807) is 0 Å². The predicted octanol–water partition coefficient (Wildman–Crippen LogP) is 1.93. The Morgan fingerprint density at radius 1 is 1.35 bits per heavy atom. The van der Waals surface area contributed by atoms with E-state index in [-0.39, 0.29) is 5.69 Å². The highest BCUT2D eigenvalue weighted by molar-refractivity contribution is 14.1. The molecule has 0 aromatic heterocycles. The molecule has 0 saturated carbocycles. The third kappa shape index (κ3) is 2.28. The quantitative estimate of drug-likeness (QED) is 0.337. The van der Waals surface area contributed by atoms with Gasteiger partial charge in [0.2, 0.25) is 0 Å². The molecule has 0 aliphatic carbocycles. The number of rotatable bonds is 1. The van der Waals surface area contributed by atoms with Crippen molar-refractivity contribution in [3.05, 3.63) is 25.3 Å². The van der Waals surface area contributed by atoms with Crippen LogP contribution in [0.2, 0.25) is 0 Å². The van der Waals surface area contributed by atoms with Crippen molar-refractivity contribution in [2.75, 3.05) is 5.32 Å². The Kier molecular flexibility index (Phi) is 3.31. The average Bonchev–Trinajstić information content (AvgIpc) is 2.28. The molecule has 1 N–H and O–H groups in total. The topological polar surface area (TPSA) is 103 Å². The van der Waals surface area contributed by atoms with Crippen molar-refractivity contribution in [2.45, 2.75) is 6.18 Å². The first-order valence-electron chi connectivity index (χ1n) is 4.78. The molecular formula is C9H2F3IN3O4. The van der Waals surface area contributed by atoms with Crippen LogP contribution in [0.15, 0.2) is 6.07 Å². The van der Waals surface area contributed by atoms with Gasteiger partial charge in [-0.3, -0.25) is 19.7 Å². The lowest BCUT2D eigenvalue weighted by Gasteiger charge is -2.18. The molecular weight excluding hydrogens is 398 g/mol. The number of hydrogen-bond donors (Lipinski definition) is 1. The zero-order chi connectivity index (χ0) is 15.2. The number of amides is 2. The van der Waals surface area contributed by atoms with Crippen LogP contribution in [0.5, 0.6) is 0 Å². The lowest BCUT2D eigenvalue weighted by molar-refractivity contribution is -0.387. The predicted molar refractivity (Wildman–Crippen MR) is 66.2 cm³/mol. The fourth-order valence-corrected chi connectivity index (χ4v) is 2.48. The summed E-state index contributed by atoms with van der Waals surface area (Å²) in [5.41, 5.74) is -3.96. The summed E-state index contributed by atoms with van der Waals surface area (Å²) in [4.78, 5) is 31.8. The molecule has 2 rings (SSSR count). The molecule has 0 unspecified atom stereocenters. The number of nitrogens with zero attached hydrogens (tertiary/aromatic N) is 2. The first-order valence-corrected chi connectivity index (χ1v) is 5.86. The number of nitro groups is 1. The van der Waals surface area contributed by atoms with Crippen molar-refractivity contribution >= 4 is 51.5 Å². The van der Waals surface area contributed by atoms with E-state index in [0.717, 1.165) is 6.07 Å². The third-order valence-corrected chi connectivity index (χ3v) is 3.20. The van der Waals surface area contributed by atoms with E-state index in [4.69, 9.17) is 0 Å². The molecule has 1 aliphatic heterocycles. The molecule has 105 valence electrons. The van der Waals surface area contributed by atoms with Crippen molar-refractivity contribution in [3.63, 3.8) is 0 Å². The second kappa shape index (κ2) is 4.57. The minimum absolute atomic E-state index is 0.307. The smallest absolute Gasteiger partial charge is 0.316 e. The largest absolute Gasteiger partial charge is 0.424 e. The number of benzene rings is 1. The van der Waals surface area contributed by atoms with Crippen LogP contribution in [0.1, 0.15) is 5.56 Å². The summed E-state index contributed by atoms with van der Waals surface area (Å²) in [6.07, 6.45) is -4.99. The number of halogens is 4. The first kappa shape index (κ1) is 14.5. The number of anilines is 1. The highest BCUT2D eigenvalue weighted by Gasteiger charge is 2.45. The lowest BCUT2D eigenvalue weighted by Crippen LogP contribution is -2.34. The second-order valence-corrected chi connectivity index (χ2v) is 4.77. The van der Waals surface area contributed by atoms with E-state index in [9.17, 15) is 32.9 Å². The van der Waals surface area contributed by atoms with E-state index in [1.807, 2.05) is 5.32 Å². The normalized spacial score (nSPS) is 14.4. The fourth-order valence-electron chi connectivity index (χ4n) is 1.61. The SMILES string of the molecule is O=C1[N]c2c(cc(I)c(C(F)(F)F)c2[N+](=O)[O-])NC1=O. The molecule has 0 bridgehead atoms. The number of nitrogens with one attached hydrogen (secondary N) is 1. The van der Waals surface area contributed by atoms with Crippen molar-refractivity contribution < 1.29 is 27.7 Å². The molecule has 1 aromatic rings. The summed E-state index contributed by atoms with van der Waals surface area (Å²) >= 11 is 1.26. The summed E-state index contributed by atoms with van der Waals surface area (Å²) in [5.74, 6) is -2.56. The van der Waals surface area contributed by atoms with Gasteiger partial charge in [0.05, 0.1) is 10.6 Å². The van der Waals surface area contributed by atoms with Crippen molar-refractivity contribution in [3.8, 4) is 0 Å². The zero-order valence-corrected chi connectivity index (χ0v) is 11.3. The molecule has 0 atom stereocenters. The Morgan fingerprint density at radius 2 is 1.95 bits per heavy atom. The van der Waals surface area contributed by atoms with Gasteiger partial charge in [-0.05, 0) is 28.7 Å². The number of alkyl halides is 3. The monoisotopic (exact) mass is 400 g/mol. The van der Waals surface area contributed by atoms with E-state index in [1.165, 1.54) is 22.6 Å².